The van der Waals surface area contributed by atoms with Crippen molar-refractivity contribution in [2.75, 3.05) is 6.54 Å². The molecule has 2 aliphatic rings. The Kier molecular flexibility index (Phi) is 5.05. The molecule has 4 unspecified atom stereocenters. The summed E-state index contributed by atoms with van der Waals surface area (Å²) >= 11 is 0. The van der Waals surface area contributed by atoms with Crippen LogP contribution in [-0.2, 0) is 4.79 Å². The highest BCUT2D eigenvalue weighted by atomic mass is 16.1. The molecule has 4 atom stereocenters. The maximum atomic E-state index is 12.2. The molecule has 0 aromatic rings. The van der Waals surface area contributed by atoms with Gasteiger partial charge in [0.05, 0.1) is 0 Å². The van der Waals surface area contributed by atoms with Gasteiger partial charge in [0.1, 0.15) is 5.78 Å². The van der Waals surface area contributed by atoms with Crippen LogP contribution in [0.15, 0.2) is 0 Å². The van der Waals surface area contributed by atoms with Crippen LogP contribution in [0.5, 0.6) is 0 Å². The normalized spacial score (nSPS) is 37.2. The lowest BCUT2D eigenvalue weighted by Gasteiger charge is -2.36. The van der Waals surface area contributed by atoms with Crippen molar-refractivity contribution in [1.82, 2.24) is 4.90 Å². The van der Waals surface area contributed by atoms with Crippen molar-refractivity contribution in [2.24, 2.45) is 17.8 Å². The van der Waals surface area contributed by atoms with E-state index in [0.29, 0.717) is 17.7 Å². The molecule has 0 N–H and O–H groups in total. The lowest BCUT2D eigenvalue weighted by molar-refractivity contribution is -0.127. The Morgan fingerprint density at radius 2 is 2.00 bits per heavy atom. The van der Waals surface area contributed by atoms with Gasteiger partial charge >= 0.3 is 0 Å². The molecule has 1 heterocycles. The number of rotatable bonds is 4. The molecule has 0 radical (unpaired) electrons. The summed E-state index contributed by atoms with van der Waals surface area (Å²) in [5.41, 5.74) is 0. The van der Waals surface area contributed by atoms with Crippen molar-refractivity contribution in [3.05, 3.63) is 0 Å². The van der Waals surface area contributed by atoms with Gasteiger partial charge in [-0.2, -0.15) is 0 Å². The zero-order valence-electron chi connectivity index (χ0n) is 13.2. The van der Waals surface area contributed by atoms with Crippen molar-refractivity contribution >= 4 is 5.78 Å². The molecular formula is C17H31NO. The molecule has 0 aromatic heterocycles. The fourth-order valence-corrected chi connectivity index (χ4v) is 4.08. The van der Waals surface area contributed by atoms with Gasteiger partial charge in [-0.25, -0.2) is 0 Å². The summed E-state index contributed by atoms with van der Waals surface area (Å²) in [6.45, 7) is 10.3. The average Bonchev–Trinajstić information content (AvgIpc) is 2.73. The topological polar surface area (TPSA) is 20.3 Å². The van der Waals surface area contributed by atoms with E-state index < -0.39 is 0 Å². The van der Waals surface area contributed by atoms with Crippen LogP contribution in [0.4, 0.5) is 0 Å². The van der Waals surface area contributed by atoms with Crippen molar-refractivity contribution in [1.29, 1.82) is 0 Å². The van der Waals surface area contributed by atoms with Gasteiger partial charge in [0.15, 0.2) is 0 Å². The fourth-order valence-electron chi connectivity index (χ4n) is 4.08. The molecule has 2 fully saturated rings. The van der Waals surface area contributed by atoms with Gasteiger partial charge in [-0.3, -0.25) is 9.69 Å². The molecule has 110 valence electrons. The van der Waals surface area contributed by atoms with Gasteiger partial charge in [-0.05, 0) is 50.9 Å². The molecule has 0 amide bonds. The van der Waals surface area contributed by atoms with E-state index in [1.54, 1.807) is 0 Å². The number of carbonyl (C=O) groups is 1. The minimum absolute atomic E-state index is 0.316. The van der Waals surface area contributed by atoms with Crippen LogP contribution >= 0.6 is 0 Å². The van der Waals surface area contributed by atoms with Crippen LogP contribution in [0.2, 0.25) is 0 Å². The van der Waals surface area contributed by atoms with E-state index in [1.165, 1.54) is 19.3 Å². The van der Waals surface area contributed by atoms with E-state index >= 15 is 0 Å². The predicted octanol–water partition coefficient (Wildman–Crippen LogP) is 3.89. The Balaban J connectivity index is 1.98. The minimum Gasteiger partial charge on any atom is -0.299 e. The first-order chi connectivity index (χ1) is 9.02. The van der Waals surface area contributed by atoms with E-state index in [4.69, 9.17) is 0 Å². The second-order valence-electron chi connectivity index (χ2n) is 7.13. The Bertz CT molecular complexity index is 312. The molecular weight excluding hydrogens is 234 g/mol. The van der Waals surface area contributed by atoms with Gasteiger partial charge < -0.3 is 0 Å². The van der Waals surface area contributed by atoms with Gasteiger partial charge in [0.2, 0.25) is 0 Å². The van der Waals surface area contributed by atoms with Gasteiger partial charge in [0.25, 0.3) is 0 Å². The molecule has 19 heavy (non-hydrogen) atoms. The predicted molar refractivity (Wildman–Crippen MR) is 80.2 cm³/mol. The molecule has 1 aliphatic carbocycles. The molecule has 1 saturated carbocycles. The largest absolute Gasteiger partial charge is 0.299 e. The third kappa shape index (κ3) is 3.39. The molecule has 2 nitrogen and oxygen atoms in total. The highest BCUT2D eigenvalue weighted by Crippen LogP contribution is 2.34. The summed E-state index contributed by atoms with van der Waals surface area (Å²) < 4.78 is 0. The lowest BCUT2D eigenvalue weighted by Crippen LogP contribution is -2.42. The fraction of sp³-hybridized carbons (Fsp3) is 0.941. The number of hydrogen-bond acceptors (Lipinski definition) is 2. The maximum absolute atomic E-state index is 12.2. The second kappa shape index (κ2) is 6.39. The second-order valence-corrected chi connectivity index (χ2v) is 7.13. The quantitative estimate of drug-likeness (QED) is 0.768. The number of Topliss-reactive ketones (excluding diaryl/α,β-unsaturated/α-hetero) is 1. The van der Waals surface area contributed by atoms with Gasteiger partial charge in [0, 0.05) is 31.0 Å². The number of likely N-dealkylation sites (tertiary alicyclic amines) is 1. The van der Waals surface area contributed by atoms with Gasteiger partial charge in [-0.15, -0.1) is 0 Å². The van der Waals surface area contributed by atoms with Crippen LogP contribution in [-0.4, -0.2) is 29.3 Å². The summed E-state index contributed by atoms with van der Waals surface area (Å²) in [6, 6.07) is 1.40. The van der Waals surface area contributed by atoms with E-state index in [2.05, 4.69) is 32.6 Å². The Hall–Kier alpha value is -0.370. The Morgan fingerprint density at radius 1 is 1.26 bits per heavy atom. The molecule has 1 saturated heterocycles. The first kappa shape index (κ1) is 15.0. The lowest BCUT2D eigenvalue weighted by atomic mass is 9.75. The third-order valence-corrected chi connectivity index (χ3v) is 5.60. The van der Waals surface area contributed by atoms with Crippen LogP contribution < -0.4 is 0 Å². The molecule has 2 rings (SSSR count). The molecule has 0 bridgehead atoms. The minimum atomic E-state index is 0.316. The SMILES string of the molecule is CCC1CCC(C)N1CC1CC(C(C)C)CCC1=O. The standard InChI is InChI=1S/C17H31NO/c1-5-16-8-6-13(4)18(16)11-15-10-14(12(2)3)7-9-17(15)19/h12-16H,5-11H2,1-4H3. The smallest absolute Gasteiger partial charge is 0.137 e. The van der Waals surface area contributed by atoms with Crippen molar-refractivity contribution < 1.29 is 4.79 Å². The number of carbonyl (C=O) groups excluding carboxylic acids is 1. The molecule has 2 heteroatoms. The monoisotopic (exact) mass is 265 g/mol. The maximum Gasteiger partial charge on any atom is 0.137 e. The van der Waals surface area contributed by atoms with Crippen molar-refractivity contribution in [2.45, 2.75) is 78.3 Å². The highest BCUT2D eigenvalue weighted by Gasteiger charge is 2.36. The summed E-state index contributed by atoms with van der Waals surface area (Å²) in [6.07, 6.45) is 6.96. The van der Waals surface area contributed by atoms with Crippen molar-refractivity contribution in [3.8, 4) is 0 Å². The van der Waals surface area contributed by atoms with Crippen LogP contribution in [0.1, 0.15) is 66.2 Å². The van der Waals surface area contributed by atoms with Crippen molar-refractivity contribution in [3.63, 3.8) is 0 Å². The van der Waals surface area contributed by atoms with Crippen LogP contribution in [0.3, 0.4) is 0 Å². The molecule has 0 aromatic carbocycles. The zero-order valence-corrected chi connectivity index (χ0v) is 13.2. The Morgan fingerprint density at radius 3 is 2.63 bits per heavy atom. The molecule has 0 spiro atoms. The third-order valence-electron chi connectivity index (χ3n) is 5.60. The number of hydrogen-bond donors (Lipinski definition) is 0. The number of ketones is 1. The first-order valence-corrected chi connectivity index (χ1v) is 8.31. The van der Waals surface area contributed by atoms with E-state index in [1.807, 2.05) is 0 Å². The Labute approximate surface area is 118 Å². The molecule has 1 aliphatic heterocycles. The van der Waals surface area contributed by atoms with E-state index in [9.17, 15) is 4.79 Å². The summed E-state index contributed by atoms with van der Waals surface area (Å²) in [5.74, 6) is 2.34. The summed E-state index contributed by atoms with van der Waals surface area (Å²) in [7, 11) is 0. The summed E-state index contributed by atoms with van der Waals surface area (Å²) in [4.78, 5) is 14.9. The van der Waals surface area contributed by atoms with E-state index in [-0.39, 0.29) is 0 Å². The average molecular weight is 265 g/mol. The zero-order chi connectivity index (χ0) is 14.0. The number of nitrogens with zero attached hydrogens (tertiary/aromatic N) is 1. The van der Waals surface area contributed by atoms with Crippen LogP contribution in [0.25, 0.3) is 0 Å². The summed E-state index contributed by atoms with van der Waals surface area (Å²) in [5, 5.41) is 0. The first-order valence-electron chi connectivity index (χ1n) is 8.31. The van der Waals surface area contributed by atoms with Gasteiger partial charge in [-0.1, -0.05) is 20.8 Å². The van der Waals surface area contributed by atoms with E-state index in [0.717, 1.165) is 43.7 Å². The highest BCUT2D eigenvalue weighted by molar-refractivity contribution is 5.82. The van der Waals surface area contributed by atoms with Crippen LogP contribution in [0, 0.1) is 17.8 Å².